The van der Waals surface area contributed by atoms with Gasteiger partial charge >= 0.3 is 5.97 Å². The van der Waals surface area contributed by atoms with Crippen LogP contribution in [0, 0.1) is 6.92 Å². The number of hydrogen-bond acceptors (Lipinski definition) is 2. The average Bonchev–Trinajstić information content (AvgIpc) is 2.31. The number of nitrogens with one attached hydrogen (secondary N) is 1. The van der Waals surface area contributed by atoms with Crippen molar-refractivity contribution in [2.75, 3.05) is 0 Å². The first-order valence-electron chi connectivity index (χ1n) is 5.02. The highest BCUT2D eigenvalue weighted by molar-refractivity contribution is 5.87. The number of rotatable bonds is 1. The zero-order valence-electron chi connectivity index (χ0n) is 9.38. The Morgan fingerprint density at radius 1 is 1.12 bits per heavy atom. The molecule has 2 rings (SSSR count). The molecule has 0 fully saturated rings. The number of aryl methyl sites for hydroxylation is 1. The van der Waals surface area contributed by atoms with Crippen LogP contribution in [0.5, 0.6) is 5.75 Å². The third-order valence-corrected chi connectivity index (χ3v) is 1.99. The van der Waals surface area contributed by atoms with Crippen molar-refractivity contribution in [3.05, 3.63) is 59.9 Å². The number of aromatic amines is 1. The predicted octanol–water partition coefficient (Wildman–Crippen LogP) is 1.27. The van der Waals surface area contributed by atoms with Gasteiger partial charge in [0.25, 0.3) is 0 Å². The van der Waals surface area contributed by atoms with Crippen LogP contribution < -0.4 is 10.1 Å². The minimum Gasteiger partial charge on any atom is -0.872 e. The highest BCUT2D eigenvalue weighted by atomic mass is 16.4. The zero-order chi connectivity index (χ0) is 12.7. The Kier molecular flexibility index (Phi) is 4.69. The maximum atomic E-state index is 10.5. The highest BCUT2D eigenvalue weighted by Crippen LogP contribution is 2.05. The SMILES string of the molecule is Cc1cc[nH+]cc1.O=C(O)c1ccc([O-])cc1. The van der Waals surface area contributed by atoms with Crippen LogP contribution in [0.3, 0.4) is 0 Å². The van der Waals surface area contributed by atoms with E-state index in [1.165, 1.54) is 29.8 Å². The summed E-state index contributed by atoms with van der Waals surface area (Å²) in [5, 5.41) is 18.8. The van der Waals surface area contributed by atoms with E-state index in [2.05, 4.69) is 11.9 Å². The van der Waals surface area contributed by atoms with Gasteiger partial charge in [-0.3, -0.25) is 0 Å². The second kappa shape index (κ2) is 6.27. The van der Waals surface area contributed by atoms with Crippen LogP contribution in [-0.4, -0.2) is 11.1 Å². The van der Waals surface area contributed by atoms with Gasteiger partial charge in [0.2, 0.25) is 0 Å². The lowest BCUT2D eigenvalue weighted by atomic mass is 10.2. The minimum atomic E-state index is -1.01. The van der Waals surface area contributed by atoms with Crippen molar-refractivity contribution < 1.29 is 20.0 Å². The molecular formula is C13H13NO3. The lowest BCUT2D eigenvalue weighted by Crippen LogP contribution is -1.96. The third-order valence-electron chi connectivity index (χ3n) is 1.99. The standard InChI is InChI=1S/C7H6O3.C6H7N/c8-6-3-1-5(2-4-6)7(9)10;1-6-2-4-7-5-3-6/h1-4,8H,(H,9,10);2-5H,1H3. The number of benzene rings is 1. The van der Waals surface area contributed by atoms with Gasteiger partial charge in [0.15, 0.2) is 12.4 Å². The minimum absolute atomic E-state index is 0.139. The Balaban J connectivity index is 0.000000181. The van der Waals surface area contributed by atoms with E-state index >= 15 is 0 Å². The summed E-state index contributed by atoms with van der Waals surface area (Å²) in [4.78, 5) is 13.1. The first kappa shape index (κ1) is 12.7. The van der Waals surface area contributed by atoms with Gasteiger partial charge in [0.05, 0.1) is 5.56 Å². The fourth-order valence-electron chi connectivity index (χ4n) is 1.07. The summed E-state index contributed by atoms with van der Waals surface area (Å²) in [7, 11) is 0. The normalized spacial score (nSPS) is 9.00. The fraction of sp³-hybridized carbons (Fsp3) is 0.0769. The summed E-state index contributed by atoms with van der Waals surface area (Å²) in [6.45, 7) is 2.06. The van der Waals surface area contributed by atoms with Gasteiger partial charge in [0, 0.05) is 12.1 Å². The molecule has 0 spiro atoms. The van der Waals surface area contributed by atoms with E-state index in [4.69, 9.17) is 5.11 Å². The molecule has 0 unspecified atom stereocenters. The highest BCUT2D eigenvalue weighted by Gasteiger charge is 1.97. The number of carboxylic acid groups (broad SMARTS) is 1. The summed E-state index contributed by atoms with van der Waals surface area (Å²) < 4.78 is 0. The van der Waals surface area contributed by atoms with Gasteiger partial charge in [-0.1, -0.05) is 12.1 Å². The molecule has 0 atom stereocenters. The average molecular weight is 231 g/mol. The number of aromatic carboxylic acids is 1. The van der Waals surface area contributed by atoms with E-state index in [9.17, 15) is 9.90 Å². The summed E-state index contributed by atoms with van der Waals surface area (Å²) in [6.07, 6.45) is 3.82. The van der Waals surface area contributed by atoms with E-state index < -0.39 is 5.97 Å². The van der Waals surface area contributed by atoms with Gasteiger partial charge in [0.1, 0.15) is 0 Å². The molecular weight excluding hydrogens is 218 g/mol. The van der Waals surface area contributed by atoms with Crippen LogP contribution in [0.4, 0.5) is 0 Å². The van der Waals surface area contributed by atoms with Gasteiger partial charge in [-0.2, -0.15) is 0 Å². The van der Waals surface area contributed by atoms with Crippen LogP contribution >= 0.6 is 0 Å². The lowest BCUT2D eigenvalue weighted by molar-refractivity contribution is -0.378. The van der Waals surface area contributed by atoms with Crippen molar-refractivity contribution in [2.45, 2.75) is 6.92 Å². The Labute approximate surface area is 99.2 Å². The van der Waals surface area contributed by atoms with Gasteiger partial charge in [-0.05, 0) is 24.6 Å². The molecule has 0 aliphatic heterocycles. The molecule has 0 aliphatic carbocycles. The number of aromatic nitrogens is 1. The molecule has 0 saturated heterocycles. The molecule has 4 nitrogen and oxygen atoms in total. The molecule has 1 heterocycles. The van der Waals surface area contributed by atoms with Crippen LogP contribution in [-0.2, 0) is 0 Å². The van der Waals surface area contributed by atoms with E-state index in [1.807, 2.05) is 24.5 Å². The van der Waals surface area contributed by atoms with Crippen LogP contribution in [0.1, 0.15) is 15.9 Å². The second-order valence-corrected chi connectivity index (χ2v) is 3.41. The maximum Gasteiger partial charge on any atom is 0.335 e. The molecule has 2 N–H and O–H groups in total. The van der Waals surface area contributed by atoms with E-state index in [-0.39, 0.29) is 11.3 Å². The van der Waals surface area contributed by atoms with Crippen molar-refractivity contribution in [2.24, 2.45) is 0 Å². The zero-order valence-corrected chi connectivity index (χ0v) is 9.38. The molecule has 1 aromatic carbocycles. The number of pyridine rings is 1. The van der Waals surface area contributed by atoms with Crippen LogP contribution in [0.2, 0.25) is 0 Å². The molecule has 0 saturated carbocycles. The quantitative estimate of drug-likeness (QED) is 0.803. The largest absolute Gasteiger partial charge is 0.872 e. The number of H-pyrrole nitrogens is 1. The lowest BCUT2D eigenvalue weighted by Gasteiger charge is -2.02. The number of carbonyl (C=O) groups is 1. The van der Waals surface area contributed by atoms with Gasteiger partial charge < -0.3 is 10.2 Å². The van der Waals surface area contributed by atoms with Gasteiger partial charge in [-0.15, -0.1) is 5.75 Å². The van der Waals surface area contributed by atoms with E-state index in [1.54, 1.807) is 0 Å². The first-order chi connectivity index (χ1) is 8.09. The first-order valence-corrected chi connectivity index (χ1v) is 5.02. The fourth-order valence-corrected chi connectivity index (χ4v) is 1.07. The van der Waals surface area contributed by atoms with Crippen molar-refractivity contribution in [3.63, 3.8) is 0 Å². The molecule has 0 aliphatic rings. The molecule has 0 amide bonds. The Hall–Kier alpha value is -2.36. The maximum absolute atomic E-state index is 10.5. The summed E-state index contributed by atoms with van der Waals surface area (Å²) in [5.41, 5.74) is 1.43. The van der Waals surface area contributed by atoms with Crippen LogP contribution in [0.15, 0.2) is 48.8 Å². The smallest absolute Gasteiger partial charge is 0.335 e. The van der Waals surface area contributed by atoms with Crippen molar-refractivity contribution in [1.29, 1.82) is 0 Å². The number of carboxylic acids is 1. The van der Waals surface area contributed by atoms with Crippen molar-refractivity contribution in [3.8, 4) is 5.75 Å². The molecule has 1 aromatic heterocycles. The van der Waals surface area contributed by atoms with Crippen LogP contribution in [0.25, 0.3) is 0 Å². The Morgan fingerprint density at radius 2 is 1.65 bits per heavy atom. The molecule has 0 bridgehead atoms. The molecule has 88 valence electrons. The number of hydrogen-bond donors (Lipinski definition) is 1. The van der Waals surface area contributed by atoms with E-state index in [0.717, 1.165) is 0 Å². The summed E-state index contributed by atoms with van der Waals surface area (Å²) in [5.74, 6) is -1.19. The van der Waals surface area contributed by atoms with E-state index in [0.29, 0.717) is 0 Å². The summed E-state index contributed by atoms with van der Waals surface area (Å²) >= 11 is 0. The Bertz CT molecular complexity index is 466. The molecule has 0 radical (unpaired) electrons. The monoisotopic (exact) mass is 231 g/mol. The molecule has 4 heteroatoms. The second-order valence-electron chi connectivity index (χ2n) is 3.41. The van der Waals surface area contributed by atoms with Crippen molar-refractivity contribution >= 4 is 5.97 Å². The molecule has 17 heavy (non-hydrogen) atoms. The topological polar surface area (TPSA) is 74.5 Å². The summed E-state index contributed by atoms with van der Waals surface area (Å²) in [6, 6.07) is 9.07. The Morgan fingerprint density at radius 3 is 2.00 bits per heavy atom. The van der Waals surface area contributed by atoms with Crippen molar-refractivity contribution in [1.82, 2.24) is 0 Å². The third kappa shape index (κ3) is 4.79. The molecule has 2 aromatic rings. The van der Waals surface area contributed by atoms with Gasteiger partial charge in [-0.25, -0.2) is 9.78 Å². The predicted molar refractivity (Wildman–Crippen MR) is 60.6 cm³/mol.